The van der Waals surface area contributed by atoms with Crippen molar-refractivity contribution >= 4 is 11.6 Å². The summed E-state index contributed by atoms with van der Waals surface area (Å²) in [6.45, 7) is 5.27. The molecule has 0 aliphatic heterocycles. The second-order valence-corrected chi connectivity index (χ2v) is 5.70. The molecule has 0 heterocycles. The monoisotopic (exact) mass is 287 g/mol. The van der Waals surface area contributed by atoms with Gasteiger partial charge in [-0.25, -0.2) is 0 Å². The number of rotatable bonds is 6. The van der Waals surface area contributed by atoms with Crippen LogP contribution >= 0.6 is 11.6 Å². The third-order valence-corrected chi connectivity index (χ3v) is 3.86. The summed E-state index contributed by atoms with van der Waals surface area (Å²) in [6.07, 6.45) is 0. The fraction of sp³-hybridized carbons (Fsp3) is 0.333. The van der Waals surface area contributed by atoms with Crippen LogP contribution in [0.5, 0.6) is 0 Å². The summed E-state index contributed by atoms with van der Waals surface area (Å²) in [5.74, 6) is 1.16. The van der Waals surface area contributed by atoms with Gasteiger partial charge >= 0.3 is 0 Å². The van der Waals surface area contributed by atoms with E-state index in [0.717, 1.165) is 6.54 Å². The van der Waals surface area contributed by atoms with Crippen LogP contribution in [0.4, 0.5) is 0 Å². The maximum absolute atomic E-state index is 6.07. The summed E-state index contributed by atoms with van der Waals surface area (Å²) in [5.41, 5.74) is 3.91. The number of halogens is 1. The predicted molar refractivity (Wildman–Crippen MR) is 87.3 cm³/mol. The Balaban J connectivity index is 1.96. The zero-order valence-electron chi connectivity index (χ0n) is 12.1. The van der Waals surface area contributed by atoms with Gasteiger partial charge in [0.1, 0.15) is 0 Å². The number of hydrogen-bond acceptors (Lipinski definition) is 1. The number of benzene rings is 2. The van der Waals surface area contributed by atoms with E-state index in [1.54, 1.807) is 0 Å². The molecule has 1 N–H and O–H groups in total. The molecule has 0 saturated heterocycles. The zero-order valence-corrected chi connectivity index (χ0v) is 12.9. The molecule has 1 atom stereocenters. The Kier molecular flexibility index (Phi) is 5.63. The van der Waals surface area contributed by atoms with Gasteiger partial charge in [-0.2, -0.15) is 0 Å². The smallest absolute Gasteiger partial charge is 0.0460 e. The van der Waals surface area contributed by atoms with Gasteiger partial charge in [0.15, 0.2) is 0 Å². The molecular weight excluding hydrogens is 266 g/mol. The molecule has 0 aromatic heterocycles. The molecule has 0 radical (unpaired) electrons. The first kappa shape index (κ1) is 15.1. The van der Waals surface area contributed by atoms with E-state index < -0.39 is 0 Å². The molecule has 0 aliphatic carbocycles. The predicted octanol–water partition coefficient (Wildman–Crippen LogP) is 4.88. The second kappa shape index (κ2) is 7.47. The Morgan fingerprint density at radius 3 is 2.10 bits per heavy atom. The summed E-state index contributed by atoms with van der Waals surface area (Å²) >= 11 is 6.07. The molecule has 2 rings (SSSR count). The van der Waals surface area contributed by atoms with Gasteiger partial charge in [0.05, 0.1) is 0 Å². The molecular formula is C18H22ClN. The van der Waals surface area contributed by atoms with Crippen LogP contribution in [0.25, 0.3) is 0 Å². The van der Waals surface area contributed by atoms with Gasteiger partial charge in [-0.1, -0.05) is 68.4 Å². The molecule has 2 aromatic rings. The minimum atomic E-state index is 0.197. The van der Waals surface area contributed by atoms with Crippen molar-refractivity contribution in [1.82, 2.24) is 5.32 Å². The Bertz CT molecular complexity index is 505. The molecule has 0 bridgehead atoms. The van der Waals surface area contributed by atoms with E-state index in [1.165, 1.54) is 16.7 Å². The van der Waals surface area contributed by atoms with E-state index in [9.17, 15) is 0 Å². The Labute approximate surface area is 127 Å². The van der Waals surface area contributed by atoms with E-state index >= 15 is 0 Å². The van der Waals surface area contributed by atoms with E-state index in [-0.39, 0.29) is 6.04 Å². The first-order chi connectivity index (χ1) is 9.70. The van der Waals surface area contributed by atoms with Gasteiger partial charge in [-0.15, -0.1) is 11.6 Å². The van der Waals surface area contributed by atoms with Crippen LogP contribution in [0.1, 0.15) is 42.5 Å². The first-order valence-electron chi connectivity index (χ1n) is 7.14. The lowest BCUT2D eigenvalue weighted by Gasteiger charge is -2.17. The Morgan fingerprint density at radius 1 is 0.900 bits per heavy atom. The highest BCUT2D eigenvalue weighted by molar-refractivity contribution is 6.18. The second-order valence-electron chi connectivity index (χ2n) is 5.39. The molecule has 0 aliphatic rings. The third kappa shape index (κ3) is 4.09. The minimum Gasteiger partial charge on any atom is -0.305 e. The summed E-state index contributed by atoms with van der Waals surface area (Å²) < 4.78 is 0. The lowest BCUT2D eigenvalue weighted by molar-refractivity contribution is 0.579. The molecule has 1 unspecified atom stereocenters. The SMILES string of the molecule is CC(C)c1ccc(CNC(CCl)c2ccccc2)cc1. The maximum atomic E-state index is 6.07. The number of hydrogen-bond donors (Lipinski definition) is 1. The van der Waals surface area contributed by atoms with Crippen LogP contribution in [0.2, 0.25) is 0 Å². The van der Waals surface area contributed by atoms with E-state index in [4.69, 9.17) is 11.6 Å². The normalized spacial score (nSPS) is 12.6. The van der Waals surface area contributed by atoms with Gasteiger partial charge in [0.2, 0.25) is 0 Å². The van der Waals surface area contributed by atoms with Crippen LogP contribution in [0.15, 0.2) is 54.6 Å². The topological polar surface area (TPSA) is 12.0 Å². The van der Waals surface area contributed by atoms with Crippen LogP contribution in [-0.4, -0.2) is 5.88 Å². The maximum Gasteiger partial charge on any atom is 0.0460 e. The minimum absolute atomic E-state index is 0.197. The number of alkyl halides is 1. The highest BCUT2D eigenvalue weighted by Crippen LogP contribution is 2.17. The fourth-order valence-electron chi connectivity index (χ4n) is 2.21. The van der Waals surface area contributed by atoms with Crippen molar-refractivity contribution in [2.75, 3.05) is 5.88 Å². The van der Waals surface area contributed by atoms with Gasteiger partial charge in [-0.05, 0) is 22.6 Å². The molecule has 2 aromatic carbocycles. The zero-order chi connectivity index (χ0) is 14.4. The molecule has 0 saturated carbocycles. The summed E-state index contributed by atoms with van der Waals surface area (Å²) in [7, 11) is 0. The van der Waals surface area contributed by atoms with E-state index in [2.05, 4.69) is 55.6 Å². The Hall–Kier alpha value is -1.31. The van der Waals surface area contributed by atoms with Gasteiger partial charge in [0.25, 0.3) is 0 Å². The van der Waals surface area contributed by atoms with Crippen molar-refractivity contribution in [1.29, 1.82) is 0 Å². The lowest BCUT2D eigenvalue weighted by Crippen LogP contribution is -2.22. The van der Waals surface area contributed by atoms with Crippen molar-refractivity contribution in [3.8, 4) is 0 Å². The summed E-state index contributed by atoms with van der Waals surface area (Å²) in [5, 5.41) is 3.52. The van der Waals surface area contributed by atoms with Crippen LogP contribution < -0.4 is 5.32 Å². The summed E-state index contributed by atoms with van der Waals surface area (Å²) in [4.78, 5) is 0. The van der Waals surface area contributed by atoms with E-state index in [0.29, 0.717) is 11.8 Å². The Morgan fingerprint density at radius 2 is 1.55 bits per heavy atom. The highest BCUT2D eigenvalue weighted by atomic mass is 35.5. The van der Waals surface area contributed by atoms with Gasteiger partial charge in [0, 0.05) is 18.5 Å². The van der Waals surface area contributed by atoms with Crippen LogP contribution in [0.3, 0.4) is 0 Å². The van der Waals surface area contributed by atoms with Crippen molar-refractivity contribution in [3.05, 3.63) is 71.3 Å². The average Bonchev–Trinajstić information content (AvgIpc) is 2.49. The molecule has 1 nitrogen and oxygen atoms in total. The van der Waals surface area contributed by atoms with Crippen molar-refractivity contribution in [2.45, 2.75) is 32.4 Å². The molecule has 0 spiro atoms. The van der Waals surface area contributed by atoms with Gasteiger partial charge < -0.3 is 5.32 Å². The molecule has 0 fully saturated rings. The average molecular weight is 288 g/mol. The summed E-state index contributed by atoms with van der Waals surface area (Å²) in [6, 6.07) is 19.4. The van der Waals surface area contributed by atoms with Crippen molar-refractivity contribution in [2.24, 2.45) is 0 Å². The molecule has 20 heavy (non-hydrogen) atoms. The molecule has 2 heteroatoms. The lowest BCUT2D eigenvalue weighted by atomic mass is 10.0. The third-order valence-electron chi connectivity index (χ3n) is 3.56. The van der Waals surface area contributed by atoms with E-state index in [1.807, 2.05) is 18.2 Å². The first-order valence-corrected chi connectivity index (χ1v) is 7.67. The van der Waals surface area contributed by atoms with Crippen LogP contribution in [0, 0.1) is 0 Å². The van der Waals surface area contributed by atoms with Crippen LogP contribution in [-0.2, 0) is 6.54 Å². The van der Waals surface area contributed by atoms with Crippen molar-refractivity contribution in [3.63, 3.8) is 0 Å². The molecule has 106 valence electrons. The number of nitrogens with one attached hydrogen (secondary N) is 1. The molecule has 0 amide bonds. The van der Waals surface area contributed by atoms with Crippen molar-refractivity contribution < 1.29 is 0 Å². The highest BCUT2D eigenvalue weighted by Gasteiger charge is 2.09. The standard InChI is InChI=1S/C18H22ClN/c1-14(2)16-10-8-15(9-11-16)13-20-18(12-19)17-6-4-3-5-7-17/h3-11,14,18,20H,12-13H2,1-2H3. The quantitative estimate of drug-likeness (QED) is 0.747. The fourth-order valence-corrected chi connectivity index (χ4v) is 2.50. The largest absolute Gasteiger partial charge is 0.305 e. The van der Waals surface area contributed by atoms with Gasteiger partial charge in [-0.3, -0.25) is 0 Å².